The van der Waals surface area contributed by atoms with Crippen molar-refractivity contribution in [3.8, 4) is 0 Å². The normalized spacial score (nSPS) is 16.6. The van der Waals surface area contributed by atoms with Gasteiger partial charge in [0.25, 0.3) is 5.91 Å². The number of benzene rings is 1. The molecule has 0 aliphatic carbocycles. The predicted octanol–water partition coefficient (Wildman–Crippen LogP) is 2.73. The predicted molar refractivity (Wildman–Crippen MR) is 97.6 cm³/mol. The van der Waals surface area contributed by atoms with E-state index in [1.807, 2.05) is 25.1 Å². The molecular formula is C17H21N5O2S. The first-order valence-corrected chi connectivity index (χ1v) is 9.04. The summed E-state index contributed by atoms with van der Waals surface area (Å²) in [5.74, 6) is -0.0101. The molecular weight excluding hydrogens is 338 g/mol. The topological polar surface area (TPSA) is 87.2 Å². The molecule has 7 nitrogen and oxygen atoms in total. The SMILES string of the molecule is Cc1nnc(NC(=O)CCN2C(=O)c3ccccc3NC2C(C)C)s1. The zero-order valence-electron chi connectivity index (χ0n) is 14.4. The zero-order valence-corrected chi connectivity index (χ0v) is 15.3. The number of fused-ring (bicyclic) bond motifs is 1. The third-order valence-electron chi connectivity index (χ3n) is 4.04. The highest BCUT2D eigenvalue weighted by Crippen LogP contribution is 2.28. The monoisotopic (exact) mass is 359 g/mol. The fourth-order valence-corrected chi connectivity index (χ4v) is 3.44. The molecule has 0 saturated heterocycles. The molecule has 8 heteroatoms. The van der Waals surface area contributed by atoms with E-state index in [4.69, 9.17) is 0 Å². The van der Waals surface area contributed by atoms with E-state index in [0.29, 0.717) is 17.2 Å². The lowest BCUT2D eigenvalue weighted by Crippen LogP contribution is -2.52. The lowest BCUT2D eigenvalue weighted by atomic mass is 10.0. The van der Waals surface area contributed by atoms with Crippen molar-refractivity contribution in [2.24, 2.45) is 5.92 Å². The fraction of sp³-hybridized carbons (Fsp3) is 0.412. The van der Waals surface area contributed by atoms with E-state index in [1.54, 1.807) is 11.0 Å². The van der Waals surface area contributed by atoms with E-state index in [0.717, 1.165) is 10.7 Å². The number of carbonyl (C=O) groups is 2. The number of hydrogen-bond donors (Lipinski definition) is 2. The van der Waals surface area contributed by atoms with Crippen LogP contribution in [0.15, 0.2) is 24.3 Å². The van der Waals surface area contributed by atoms with Gasteiger partial charge in [-0.2, -0.15) is 0 Å². The summed E-state index contributed by atoms with van der Waals surface area (Å²) in [6.45, 7) is 6.27. The Morgan fingerprint density at radius 3 is 2.80 bits per heavy atom. The second-order valence-electron chi connectivity index (χ2n) is 6.30. The molecule has 0 radical (unpaired) electrons. The Balaban J connectivity index is 1.69. The number of carbonyl (C=O) groups excluding carboxylic acids is 2. The lowest BCUT2D eigenvalue weighted by Gasteiger charge is -2.40. The molecule has 0 spiro atoms. The molecule has 0 bridgehead atoms. The summed E-state index contributed by atoms with van der Waals surface area (Å²) in [7, 11) is 0. The average Bonchev–Trinajstić information content (AvgIpc) is 2.98. The minimum absolute atomic E-state index is 0.0485. The smallest absolute Gasteiger partial charge is 0.257 e. The van der Waals surface area contributed by atoms with E-state index < -0.39 is 0 Å². The van der Waals surface area contributed by atoms with Crippen molar-refractivity contribution in [1.29, 1.82) is 0 Å². The highest BCUT2D eigenvalue weighted by atomic mass is 32.1. The van der Waals surface area contributed by atoms with Crippen LogP contribution in [0.5, 0.6) is 0 Å². The molecule has 0 saturated carbocycles. The molecule has 1 aromatic heterocycles. The van der Waals surface area contributed by atoms with Crippen LogP contribution in [-0.2, 0) is 4.79 Å². The van der Waals surface area contributed by atoms with Crippen molar-refractivity contribution >= 4 is 34.0 Å². The minimum atomic E-state index is -0.176. The summed E-state index contributed by atoms with van der Waals surface area (Å²) < 4.78 is 0. The standard InChI is InChI=1S/C17H21N5O2S/c1-10(2)15-18-13-7-5-4-6-12(13)16(24)22(15)9-8-14(23)19-17-21-20-11(3)25-17/h4-7,10,15,18H,8-9H2,1-3H3,(H,19,21,23). The Morgan fingerprint density at radius 2 is 2.12 bits per heavy atom. The summed E-state index contributed by atoms with van der Waals surface area (Å²) in [6, 6.07) is 7.46. The van der Waals surface area contributed by atoms with E-state index in [2.05, 4.69) is 34.7 Å². The molecule has 1 aliphatic rings. The van der Waals surface area contributed by atoms with Crippen molar-refractivity contribution in [2.45, 2.75) is 33.4 Å². The van der Waals surface area contributed by atoms with Gasteiger partial charge in [-0.15, -0.1) is 10.2 Å². The maximum absolute atomic E-state index is 12.8. The van der Waals surface area contributed by atoms with Crippen LogP contribution in [0.3, 0.4) is 0 Å². The van der Waals surface area contributed by atoms with Gasteiger partial charge in [-0.05, 0) is 25.0 Å². The van der Waals surface area contributed by atoms with Gasteiger partial charge in [-0.3, -0.25) is 9.59 Å². The van der Waals surface area contributed by atoms with Gasteiger partial charge in [0.05, 0.1) is 5.56 Å². The molecule has 132 valence electrons. The second kappa shape index (κ2) is 7.18. The van der Waals surface area contributed by atoms with E-state index >= 15 is 0 Å². The van der Waals surface area contributed by atoms with Crippen molar-refractivity contribution in [2.75, 3.05) is 17.2 Å². The number of rotatable bonds is 5. The van der Waals surface area contributed by atoms with Gasteiger partial charge < -0.3 is 15.5 Å². The van der Waals surface area contributed by atoms with Crippen LogP contribution in [0.4, 0.5) is 10.8 Å². The Kier molecular flexibility index (Phi) is 4.98. The summed E-state index contributed by atoms with van der Waals surface area (Å²) in [5.41, 5.74) is 1.48. The first-order valence-electron chi connectivity index (χ1n) is 8.22. The summed E-state index contributed by atoms with van der Waals surface area (Å²) in [4.78, 5) is 26.7. The van der Waals surface area contributed by atoms with Crippen LogP contribution in [0.1, 0.15) is 35.6 Å². The van der Waals surface area contributed by atoms with Gasteiger partial charge in [0, 0.05) is 18.7 Å². The number of para-hydroxylation sites is 1. The largest absolute Gasteiger partial charge is 0.364 e. The summed E-state index contributed by atoms with van der Waals surface area (Å²) in [6.07, 6.45) is 0.0659. The third kappa shape index (κ3) is 3.79. The Bertz CT molecular complexity index is 789. The Hall–Kier alpha value is -2.48. The maximum atomic E-state index is 12.8. The molecule has 2 N–H and O–H groups in total. The quantitative estimate of drug-likeness (QED) is 0.857. The molecule has 1 aliphatic heterocycles. The number of aromatic nitrogens is 2. The molecule has 1 unspecified atom stereocenters. The number of aryl methyl sites for hydroxylation is 1. The van der Waals surface area contributed by atoms with Crippen LogP contribution in [-0.4, -0.2) is 39.6 Å². The number of amides is 2. The van der Waals surface area contributed by atoms with Crippen LogP contribution in [0, 0.1) is 12.8 Å². The van der Waals surface area contributed by atoms with Crippen molar-refractivity contribution in [1.82, 2.24) is 15.1 Å². The zero-order chi connectivity index (χ0) is 18.0. The number of hydrogen-bond acceptors (Lipinski definition) is 6. The first-order chi connectivity index (χ1) is 12.0. The molecule has 25 heavy (non-hydrogen) atoms. The molecule has 2 aromatic rings. The Labute approximate surface area is 150 Å². The van der Waals surface area contributed by atoms with E-state index in [1.165, 1.54) is 11.3 Å². The highest BCUT2D eigenvalue weighted by Gasteiger charge is 2.33. The number of nitrogens with zero attached hydrogens (tertiary/aromatic N) is 3. The van der Waals surface area contributed by atoms with Gasteiger partial charge >= 0.3 is 0 Å². The molecule has 2 amide bonds. The first kappa shape index (κ1) is 17.3. The van der Waals surface area contributed by atoms with Crippen molar-refractivity contribution in [3.63, 3.8) is 0 Å². The van der Waals surface area contributed by atoms with Crippen LogP contribution in [0.25, 0.3) is 0 Å². The third-order valence-corrected chi connectivity index (χ3v) is 4.80. The molecule has 3 rings (SSSR count). The minimum Gasteiger partial charge on any atom is -0.364 e. The van der Waals surface area contributed by atoms with Gasteiger partial charge in [0.15, 0.2) is 0 Å². The van der Waals surface area contributed by atoms with E-state index in [9.17, 15) is 9.59 Å². The Morgan fingerprint density at radius 1 is 1.36 bits per heavy atom. The van der Waals surface area contributed by atoms with Crippen LogP contribution >= 0.6 is 11.3 Å². The van der Waals surface area contributed by atoms with Crippen molar-refractivity contribution < 1.29 is 9.59 Å². The second-order valence-corrected chi connectivity index (χ2v) is 7.48. The summed E-state index contributed by atoms with van der Waals surface area (Å²) in [5, 5.41) is 15.2. The molecule has 2 heterocycles. The molecule has 1 aromatic carbocycles. The average molecular weight is 359 g/mol. The number of nitrogens with one attached hydrogen (secondary N) is 2. The number of anilines is 2. The van der Waals surface area contributed by atoms with Gasteiger partial charge in [-0.25, -0.2) is 0 Å². The van der Waals surface area contributed by atoms with Crippen LogP contribution in [0.2, 0.25) is 0 Å². The van der Waals surface area contributed by atoms with E-state index in [-0.39, 0.29) is 30.3 Å². The van der Waals surface area contributed by atoms with Crippen molar-refractivity contribution in [3.05, 3.63) is 34.8 Å². The van der Waals surface area contributed by atoms with Gasteiger partial charge in [0.2, 0.25) is 11.0 Å². The van der Waals surface area contributed by atoms with Gasteiger partial charge in [0.1, 0.15) is 11.2 Å². The lowest BCUT2D eigenvalue weighted by molar-refractivity contribution is -0.116. The van der Waals surface area contributed by atoms with Gasteiger partial charge in [-0.1, -0.05) is 37.3 Å². The highest BCUT2D eigenvalue weighted by molar-refractivity contribution is 7.15. The summed E-state index contributed by atoms with van der Waals surface area (Å²) >= 11 is 1.33. The fourth-order valence-electron chi connectivity index (χ4n) is 2.83. The molecule has 0 fully saturated rings. The molecule has 1 atom stereocenters. The van der Waals surface area contributed by atoms with Crippen LogP contribution < -0.4 is 10.6 Å². The maximum Gasteiger partial charge on any atom is 0.257 e.